The summed E-state index contributed by atoms with van der Waals surface area (Å²) in [5.41, 5.74) is 4.06. The highest BCUT2D eigenvalue weighted by atomic mass is 14.6. The molecule has 118 valence electrons. The molecular formula is C23H26. The zero-order valence-electron chi connectivity index (χ0n) is 13.9. The Morgan fingerprint density at radius 1 is 0.783 bits per heavy atom. The first-order valence-corrected chi connectivity index (χ1v) is 9.81. The zero-order valence-corrected chi connectivity index (χ0v) is 13.9. The summed E-state index contributed by atoms with van der Waals surface area (Å²) < 4.78 is 0. The van der Waals surface area contributed by atoms with Gasteiger partial charge in [0, 0.05) is 0 Å². The highest BCUT2D eigenvalue weighted by Crippen LogP contribution is 2.65. The van der Waals surface area contributed by atoms with Crippen LogP contribution in [0.3, 0.4) is 0 Å². The molecule has 1 spiro atoms. The molecular weight excluding hydrogens is 276 g/mol. The summed E-state index contributed by atoms with van der Waals surface area (Å²) in [6.07, 6.45) is 12.0. The highest BCUT2D eigenvalue weighted by Gasteiger charge is 2.57. The van der Waals surface area contributed by atoms with Gasteiger partial charge in [0.2, 0.25) is 0 Å². The smallest absolute Gasteiger partial charge is 0.0149 e. The average Bonchev–Trinajstić information content (AvgIpc) is 2.59. The molecule has 5 aliphatic rings. The molecule has 0 heteroatoms. The molecule has 0 aliphatic heterocycles. The number of hydrogen-bond acceptors (Lipinski definition) is 0. The van der Waals surface area contributed by atoms with Crippen molar-refractivity contribution in [3.05, 3.63) is 47.5 Å². The SMILES string of the molecule is c1ccc2c3c(ccc2c1)CC1(CC3)C2CC3CC(C2)CC1C3. The lowest BCUT2D eigenvalue weighted by molar-refractivity contribution is -0.115. The van der Waals surface area contributed by atoms with Gasteiger partial charge in [-0.2, -0.15) is 0 Å². The summed E-state index contributed by atoms with van der Waals surface area (Å²) in [7, 11) is 0. The van der Waals surface area contributed by atoms with Crippen LogP contribution in [0.5, 0.6) is 0 Å². The summed E-state index contributed by atoms with van der Waals surface area (Å²) in [5.74, 6) is 4.30. The molecule has 0 N–H and O–H groups in total. The average molecular weight is 302 g/mol. The summed E-state index contributed by atoms with van der Waals surface area (Å²) in [6, 6.07) is 13.9. The first-order valence-electron chi connectivity index (χ1n) is 9.81. The van der Waals surface area contributed by atoms with E-state index < -0.39 is 0 Å². The Morgan fingerprint density at radius 2 is 1.52 bits per heavy atom. The normalized spacial score (nSPS) is 40.7. The fourth-order valence-electron chi connectivity index (χ4n) is 7.46. The van der Waals surface area contributed by atoms with Crippen LogP contribution in [0.4, 0.5) is 0 Å². The molecule has 0 atom stereocenters. The van der Waals surface area contributed by atoms with Crippen molar-refractivity contribution in [1.82, 2.24) is 0 Å². The second-order valence-electron chi connectivity index (χ2n) is 9.14. The maximum atomic E-state index is 2.48. The summed E-state index contributed by atoms with van der Waals surface area (Å²) in [4.78, 5) is 0. The molecule has 0 unspecified atom stereocenters. The minimum atomic E-state index is 0.683. The standard InChI is InChI=1S/C23H26/c1-2-4-21-17(3-1)5-6-18-14-23(8-7-22(18)21)19-10-15-9-16(12-19)13-20(23)11-15/h1-6,15-16,19-20H,7-14H2. The van der Waals surface area contributed by atoms with E-state index in [1.165, 1.54) is 30.0 Å². The van der Waals surface area contributed by atoms with Gasteiger partial charge >= 0.3 is 0 Å². The molecule has 7 rings (SSSR count). The van der Waals surface area contributed by atoms with Crippen molar-refractivity contribution in [1.29, 1.82) is 0 Å². The fraction of sp³-hybridized carbons (Fsp3) is 0.565. The molecule has 0 amide bonds. The van der Waals surface area contributed by atoms with Crippen LogP contribution in [0.15, 0.2) is 36.4 Å². The van der Waals surface area contributed by atoms with Gasteiger partial charge in [-0.25, -0.2) is 0 Å². The Morgan fingerprint density at radius 3 is 2.30 bits per heavy atom. The second-order valence-corrected chi connectivity index (χ2v) is 9.14. The van der Waals surface area contributed by atoms with Crippen molar-refractivity contribution in [2.24, 2.45) is 29.1 Å². The summed E-state index contributed by atoms with van der Waals surface area (Å²) >= 11 is 0. The Bertz CT molecular complexity index is 756. The van der Waals surface area contributed by atoms with Crippen LogP contribution in [0.1, 0.15) is 49.7 Å². The van der Waals surface area contributed by atoms with Gasteiger partial charge in [-0.05, 0) is 102 Å². The van der Waals surface area contributed by atoms with Crippen molar-refractivity contribution < 1.29 is 0 Å². The van der Waals surface area contributed by atoms with Gasteiger partial charge in [-0.1, -0.05) is 36.4 Å². The van der Waals surface area contributed by atoms with Crippen LogP contribution in [0.25, 0.3) is 10.8 Å². The first-order chi connectivity index (χ1) is 11.3. The Labute approximate surface area is 139 Å². The van der Waals surface area contributed by atoms with Crippen LogP contribution in [-0.4, -0.2) is 0 Å². The van der Waals surface area contributed by atoms with Crippen molar-refractivity contribution in [3.8, 4) is 0 Å². The first kappa shape index (κ1) is 13.0. The number of aryl methyl sites for hydroxylation is 1. The number of hydrogen-bond donors (Lipinski definition) is 0. The number of rotatable bonds is 0. The minimum absolute atomic E-state index is 0.683. The summed E-state index contributed by atoms with van der Waals surface area (Å²) in [5, 5.41) is 2.97. The second kappa shape index (κ2) is 4.41. The molecule has 2 aromatic rings. The van der Waals surface area contributed by atoms with Crippen molar-refractivity contribution in [2.75, 3.05) is 0 Å². The van der Waals surface area contributed by atoms with Crippen LogP contribution >= 0.6 is 0 Å². The molecule has 0 aromatic heterocycles. The lowest BCUT2D eigenvalue weighted by atomic mass is 9.42. The third-order valence-electron chi connectivity index (χ3n) is 8.26. The van der Waals surface area contributed by atoms with Gasteiger partial charge in [0.25, 0.3) is 0 Å². The molecule has 0 radical (unpaired) electrons. The van der Waals surface area contributed by atoms with E-state index in [-0.39, 0.29) is 0 Å². The van der Waals surface area contributed by atoms with Crippen LogP contribution in [-0.2, 0) is 12.8 Å². The van der Waals surface area contributed by atoms with E-state index in [4.69, 9.17) is 0 Å². The van der Waals surface area contributed by atoms with Gasteiger partial charge in [-0.15, -0.1) is 0 Å². The number of benzene rings is 2. The van der Waals surface area contributed by atoms with Crippen molar-refractivity contribution in [2.45, 2.75) is 51.4 Å². The lowest BCUT2D eigenvalue weighted by Crippen LogP contribution is -2.55. The maximum absolute atomic E-state index is 2.48. The third kappa shape index (κ3) is 1.68. The molecule has 5 aliphatic carbocycles. The zero-order chi connectivity index (χ0) is 15.0. The van der Waals surface area contributed by atoms with Crippen molar-refractivity contribution >= 4 is 10.8 Å². The van der Waals surface area contributed by atoms with E-state index in [9.17, 15) is 0 Å². The molecule has 23 heavy (non-hydrogen) atoms. The molecule has 0 saturated heterocycles. The predicted molar refractivity (Wildman–Crippen MR) is 95.5 cm³/mol. The molecule has 4 fully saturated rings. The Hall–Kier alpha value is -1.30. The lowest BCUT2D eigenvalue weighted by Gasteiger charge is -2.63. The predicted octanol–water partition coefficient (Wildman–Crippen LogP) is 5.77. The minimum Gasteiger partial charge on any atom is -0.0616 e. The molecule has 2 aromatic carbocycles. The van der Waals surface area contributed by atoms with Gasteiger partial charge in [0.05, 0.1) is 0 Å². The van der Waals surface area contributed by atoms with Gasteiger partial charge in [-0.3, -0.25) is 0 Å². The molecule has 0 heterocycles. The van der Waals surface area contributed by atoms with Gasteiger partial charge in [0.1, 0.15) is 0 Å². The summed E-state index contributed by atoms with van der Waals surface area (Å²) in [6.45, 7) is 0. The van der Waals surface area contributed by atoms with E-state index in [1.54, 1.807) is 43.2 Å². The van der Waals surface area contributed by atoms with Crippen LogP contribution in [0, 0.1) is 29.1 Å². The van der Waals surface area contributed by atoms with Crippen LogP contribution in [0.2, 0.25) is 0 Å². The van der Waals surface area contributed by atoms with E-state index in [0.717, 1.165) is 23.7 Å². The van der Waals surface area contributed by atoms with E-state index in [2.05, 4.69) is 36.4 Å². The van der Waals surface area contributed by atoms with Crippen LogP contribution < -0.4 is 0 Å². The molecule has 4 bridgehead atoms. The molecule has 0 nitrogen and oxygen atoms in total. The Kier molecular flexibility index (Phi) is 2.50. The number of fused-ring (bicyclic) bond motifs is 3. The maximum Gasteiger partial charge on any atom is -0.0149 e. The van der Waals surface area contributed by atoms with Gasteiger partial charge in [0.15, 0.2) is 0 Å². The monoisotopic (exact) mass is 302 g/mol. The van der Waals surface area contributed by atoms with Crippen molar-refractivity contribution in [3.63, 3.8) is 0 Å². The van der Waals surface area contributed by atoms with E-state index in [1.807, 2.05) is 0 Å². The highest BCUT2D eigenvalue weighted by molar-refractivity contribution is 5.87. The van der Waals surface area contributed by atoms with E-state index >= 15 is 0 Å². The largest absolute Gasteiger partial charge is 0.0616 e. The quantitative estimate of drug-likeness (QED) is 0.579. The molecule has 4 saturated carbocycles. The van der Waals surface area contributed by atoms with E-state index in [0.29, 0.717) is 5.41 Å². The van der Waals surface area contributed by atoms with Gasteiger partial charge < -0.3 is 0 Å². The third-order valence-corrected chi connectivity index (χ3v) is 8.26. The topological polar surface area (TPSA) is 0 Å². The Balaban J connectivity index is 1.45. The fourth-order valence-corrected chi connectivity index (χ4v) is 7.46.